The fourth-order valence-electron chi connectivity index (χ4n) is 2.33. The van der Waals surface area contributed by atoms with Crippen LogP contribution in [0.15, 0.2) is 64.7 Å². The van der Waals surface area contributed by atoms with Gasteiger partial charge >= 0.3 is 0 Å². The molecular formula is C19H19N5O3S. The monoisotopic (exact) mass is 397 g/mol. The zero-order valence-electron chi connectivity index (χ0n) is 15.2. The van der Waals surface area contributed by atoms with Crippen LogP contribution in [0.4, 0.5) is 5.69 Å². The average Bonchev–Trinajstić information content (AvgIpc) is 2.67. The molecule has 3 N–H and O–H groups in total. The second-order valence-corrected chi connectivity index (χ2v) is 6.84. The summed E-state index contributed by atoms with van der Waals surface area (Å²) in [6, 6.07) is 15.7. The van der Waals surface area contributed by atoms with Crippen LogP contribution in [0.25, 0.3) is 0 Å². The molecule has 8 nitrogen and oxygen atoms in total. The lowest BCUT2D eigenvalue weighted by molar-refractivity contribution is -0.113. The second kappa shape index (κ2) is 9.05. The SMILES string of the molecule is CN1CC(Oc2ccccc2)=NC(SCC(=O)Nc2ccc(C(N)=O)cc2)=N1. The molecule has 0 fully saturated rings. The summed E-state index contributed by atoms with van der Waals surface area (Å²) in [5, 5.41) is 9.19. The van der Waals surface area contributed by atoms with Gasteiger partial charge in [0.05, 0.1) is 5.75 Å². The quantitative estimate of drug-likeness (QED) is 0.803. The fraction of sp³-hybridized carbons (Fsp3) is 0.158. The first kappa shape index (κ1) is 19.4. The Hall–Kier alpha value is -3.33. The number of hydrogen-bond donors (Lipinski definition) is 2. The summed E-state index contributed by atoms with van der Waals surface area (Å²) in [7, 11) is 1.81. The standard InChI is InChI=1S/C19H19N5O3S/c1-24-11-17(27-15-5-3-2-4-6-15)22-19(23-24)28-12-16(25)21-14-9-7-13(8-10-14)18(20)26/h2-10H,11-12H2,1H3,(H2,20,26)(H,21,25). The Morgan fingerprint density at radius 2 is 1.89 bits per heavy atom. The minimum atomic E-state index is -0.515. The fourth-order valence-corrected chi connectivity index (χ4v) is 3.02. The molecule has 2 aromatic carbocycles. The van der Waals surface area contributed by atoms with E-state index in [1.54, 1.807) is 29.3 Å². The van der Waals surface area contributed by atoms with Crippen LogP contribution in [-0.4, -0.2) is 47.2 Å². The molecule has 0 saturated carbocycles. The van der Waals surface area contributed by atoms with Crippen molar-refractivity contribution < 1.29 is 14.3 Å². The van der Waals surface area contributed by atoms with Gasteiger partial charge in [0.1, 0.15) is 12.3 Å². The maximum absolute atomic E-state index is 12.2. The molecule has 0 saturated heterocycles. The van der Waals surface area contributed by atoms with Crippen molar-refractivity contribution in [3.63, 3.8) is 0 Å². The van der Waals surface area contributed by atoms with Crippen molar-refractivity contribution >= 4 is 40.3 Å². The molecule has 1 heterocycles. The van der Waals surface area contributed by atoms with Crippen molar-refractivity contribution in [2.75, 3.05) is 24.7 Å². The maximum Gasteiger partial charge on any atom is 0.248 e. The highest BCUT2D eigenvalue weighted by Gasteiger charge is 2.16. The van der Waals surface area contributed by atoms with E-state index in [9.17, 15) is 9.59 Å². The minimum Gasteiger partial charge on any atom is -0.441 e. The Labute approximate surface area is 166 Å². The number of carbonyl (C=O) groups excluding carboxylic acids is 2. The number of thioether (sulfide) groups is 1. The average molecular weight is 397 g/mol. The van der Waals surface area contributed by atoms with Crippen LogP contribution in [0.1, 0.15) is 10.4 Å². The van der Waals surface area contributed by atoms with Crippen molar-refractivity contribution in [3.05, 3.63) is 60.2 Å². The van der Waals surface area contributed by atoms with Crippen molar-refractivity contribution in [3.8, 4) is 5.75 Å². The third kappa shape index (κ3) is 5.58. The molecule has 0 spiro atoms. The number of benzene rings is 2. The molecular weight excluding hydrogens is 378 g/mol. The van der Waals surface area contributed by atoms with E-state index in [-0.39, 0.29) is 11.7 Å². The second-order valence-electron chi connectivity index (χ2n) is 5.90. The molecule has 9 heteroatoms. The van der Waals surface area contributed by atoms with E-state index in [2.05, 4.69) is 15.4 Å². The summed E-state index contributed by atoms with van der Waals surface area (Å²) in [6.07, 6.45) is 0. The summed E-state index contributed by atoms with van der Waals surface area (Å²) in [6.45, 7) is 0.442. The number of ether oxygens (including phenoxy) is 1. The summed E-state index contributed by atoms with van der Waals surface area (Å²) < 4.78 is 5.76. The van der Waals surface area contributed by atoms with Crippen LogP contribution < -0.4 is 15.8 Å². The third-order valence-corrected chi connectivity index (χ3v) is 4.44. The summed E-state index contributed by atoms with van der Waals surface area (Å²) in [5.74, 6) is 0.603. The van der Waals surface area contributed by atoms with E-state index in [4.69, 9.17) is 10.5 Å². The minimum absolute atomic E-state index is 0.131. The van der Waals surface area contributed by atoms with Crippen LogP contribution in [0.2, 0.25) is 0 Å². The van der Waals surface area contributed by atoms with E-state index in [1.165, 1.54) is 11.8 Å². The lowest BCUT2D eigenvalue weighted by Crippen LogP contribution is -2.31. The topological polar surface area (TPSA) is 109 Å². The first-order valence-electron chi connectivity index (χ1n) is 8.42. The summed E-state index contributed by atoms with van der Waals surface area (Å²) in [4.78, 5) is 27.6. The molecule has 28 heavy (non-hydrogen) atoms. The van der Waals surface area contributed by atoms with Gasteiger partial charge in [0.2, 0.25) is 22.9 Å². The zero-order valence-corrected chi connectivity index (χ0v) is 16.0. The van der Waals surface area contributed by atoms with Crippen molar-refractivity contribution in [2.24, 2.45) is 15.8 Å². The largest absolute Gasteiger partial charge is 0.441 e. The van der Waals surface area contributed by atoms with Gasteiger partial charge < -0.3 is 15.8 Å². The van der Waals surface area contributed by atoms with E-state index >= 15 is 0 Å². The number of hydrazone groups is 1. The molecule has 0 aromatic heterocycles. The molecule has 0 atom stereocenters. The van der Waals surface area contributed by atoms with E-state index < -0.39 is 5.91 Å². The number of amidine groups is 1. The molecule has 1 aliphatic heterocycles. The number of primary amides is 1. The molecule has 0 unspecified atom stereocenters. The third-order valence-electron chi connectivity index (χ3n) is 3.61. The summed E-state index contributed by atoms with van der Waals surface area (Å²) >= 11 is 1.21. The predicted octanol–water partition coefficient (Wildman–Crippen LogP) is 2.15. The maximum atomic E-state index is 12.2. The summed E-state index contributed by atoms with van der Waals surface area (Å²) in [5.41, 5.74) is 6.16. The molecule has 0 radical (unpaired) electrons. The van der Waals surface area contributed by atoms with Gasteiger partial charge in [-0.25, -0.2) is 0 Å². The lowest BCUT2D eigenvalue weighted by Gasteiger charge is -2.20. The number of carbonyl (C=O) groups is 2. The van der Waals surface area contributed by atoms with E-state index in [0.717, 1.165) is 0 Å². The van der Waals surface area contributed by atoms with Crippen LogP contribution in [0, 0.1) is 0 Å². The van der Waals surface area contributed by atoms with Gasteiger partial charge in [-0.05, 0) is 36.4 Å². The lowest BCUT2D eigenvalue weighted by atomic mass is 10.2. The number of amides is 2. The number of rotatable bonds is 5. The first-order chi connectivity index (χ1) is 13.5. The number of nitrogens with one attached hydrogen (secondary N) is 1. The highest BCUT2D eigenvalue weighted by Crippen LogP contribution is 2.16. The number of likely N-dealkylation sites (N-methyl/N-ethyl adjacent to an activating group) is 1. The number of nitrogens with two attached hydrogens (primary N) is 1. The highest BCUT2D eigenvalue weighted by molar-refractivity contribution is 8.14. The number of hydrogen-bond acceptors (Lipinski definition) is 7. The predicted molar refractivity (Wildman–Crippen MR) is 111 cm³/mol. The van der Waals surface area contributed by atoms with Gasteiger partial charge in [-0.15, -0.1) is 5.10 Å². The number of anilines is 1. The molecule has 2 aromatic rings. The van der Waals surface area contributed by atoms with Gasteiger partial charge in [-0.2, -0.15) is 4.99 Å². The Kier molecular flexibility index (Phi) is 6.28. The van der Waals surface area contributed by atoms with Crippen molar-refractivity contribution in [1.82, 2.24) is 5.01 Å². The van der Waals surface area contributed by atoms with Gasteiger partial charge in [0.25, 0.3) is 0 Å². The number of nitrogens with zero attached hydrogens (tertiary/aromatic N) is 3. The van der Waals surface area contributed by atoms with Crippen LogP contribution in [0.3, 0.4) is 0 Å². The molecule has 144 valence electrons. The molecule has 1 aliphatic rings. The van der Waals surface area contributed by atoms with Gasteiger partial charge in [-0.1, -0.05) is 30.0 Å². The Balaban J connectivity index is 1.55. The molecule has 3 rings (SSSR count). The van der Waals surface area contributed by atoms with Crippen LogP contribution >= 0.6 is 11.8 Å². The Morgan fingerprint density at radius 3 is 2.57 bits per heavy atom. The van der Waals surface area contributed by atoms with Gasteiger partial charge in [-0.3, -0.25) is 14.6 Å². The van der Waals surface area contributed by atoms with Crippen molar-refractivity contribution in [2.45, 2.75) is 0 Å². The normalized spacial score (nSPS) is 13.4. The van der Waals surface area contributed by atoms with Gasteiger partial charge in [0, 0.05) is 18.3 Å². The van der Waals surface area contributed by atoms with Crippen LogP contribution in [0.5, 0.6) is 5.75 Å². The van der Waals surface area contributed by atoms with E-state index in [1.807, 2.05) is 37.4 Å². The molecule has 2 amide bonds. The van der Waals surface area contributed by atoms with Crippen molar-refractivity contribution in [1.29, 1.82) is 0 Å². The zero-order chi connectivity index (χ0) is 19.9. The molecule has 0 bridgehead atoms. The first-order valence-corrected chi connectivity index (χ1v) is 9.41. The molecule has 0 aliphatic carbocycles. The smallest absolute Gasteiger partial charge is 0.248 e. The Bertz CT molecular complexity index is 913. The van der Waals surface area contributed by atoms with E-state index in [0.29, 0.717) is 34.6 Å². The number of aliphatic imine (C=N–C) groups is 1. The van der Waals surface area contributed by atoms with Gasteiger partial charge in [0.15, 0.2) is 0 Å². The number of para-hydroxylation sites is 1. The van der Waals surface area contributed by atoms with Crippen LogP contribution in [-0.2, 0) is 4.79 Å². The Morgan fingerprint density at radius 1 is 1.18 bits per heavy atom. The highest BCUT2D eigenvalue weighted by atomic mass is 32.2.